The molecule has 1 heterocycles. The maximum absolute atomic E-state index is 6.12. The average Bonchev–Trinajstić information content (AvgIpc) is 2.77. The molecule has 0 saturated carbocycles. The molecule has 2 N–H and O–H groups in total. The Bertz CT molecular complexity index is 569. The molecule has 1 aromatic heterocycles. The molecule has 1 aromatic carbocycles. The number of halogens is 2. The van der Waals surface area contributed by atoms with Crippen LogP contribution in [-0.4, -0.2) is 16.4 Å². The topological polar surface area (TPSA) is 53.1 Å². The SMILES string of the molecule is Cn1cc(CCOc2c(Cl)cc(Cl)cc2CN)cn1. The quantitative estimate of drug-likeness (QED) is 0.924. The van der Waals surface area contributed by atoms with Crippen molar-refractivity contribution < 1.29 is 4.74 Å². The molecular formula is C13H15Cl2N3O. The van der Waals surface area contributed by atoms with Crippen molar-refractivity contribution in [3.05, 3.63) is 45.7 Å². The predicted molar refractivity (Wildman–Crippen MR) is 76.8 cm³/mol. The van der Waals surface area contributed by atoms with Gasteiger partial charge in [0.05, 0.1) is 17.8 Å². The number of nitrogens with zero attached hydrogens (tertiary/aromatic N) is 2. The van der Waals surface area contributed by atoms with Crippen LogP contribution in [0, 0.1) is 0 Å². The van der Waals surface area contributed by atoms with Crippen molar-refractivity contribution in [1.29, 1.82) is 0 Å². The maximum atomic E-state index is 6.12. The summed E-state index contributed by atoms with van der Waals surface area (Å²) < 4.78 is 7.48. The van der Waals surface area contributed by atoms with Crippen molar-refractivity contribution >= 4 is 23.2 Å². The third-order valence-electron chi connectivity index (χ3n) is 2.70. The lowest BCUT2D eigenvalue weighted by atomic mass is 10.2. The Hall–Kier alpha value is -1.23. The van der Waals surface area contributed by atoms with Crippen LogP contribution in [0.25, 0.3) is 0 Å². The second kappa shape index (κ2) is 6.28. The molecular weight excluding hydrogens is 285 g/mol. The highest BCUT2D eigenvalue weighted by atomic mass is 35.5. The first-order valence-electron chi connectivity index (χ1n) is 5.88. The Morgan fingerprint density at radius 3 is 2.79 bits per heavy atom. The van der Waals surface area contributed by atoms with Crippen molar-refractivity contribution in [3.8, 4) is 5.75 Å². The van der Waals surface area contributed by atoms with Gasteiger partial charge in [-0.1, -0.05) is 23.2 Å². The standard InChI is InChI=1S/C13H15Cl2N3O/c1-18-8-9(7-17-18)2-3-19-13-10(6-16)4-11(14)5-12(13)15/h4-5,7-8H,2-3,6,16H2,1H3. The van der Waals surface area contributed by atoms with Gasteiger partial charge < -0.3 is 10.5 Å². The van der Waals surface area contributed by atoms with E-state index in [4.69, 9.17) is 33.7 Å². The fraction of sp³-hybridized carbons (Fsp3) is 0.308. The number of nitrogens with two attached hydrogens (primary N) is 1. The van der Waals surface area contributed by atoms with Crippen molar-refractivity contribution in [2.24, 2.45) is 12.8 Å². The van der Waals surface area contributed by atoms with Gasteiger partial charge in [-0.15, -0.1) is 0 Å². The summed E-state index contributed by atoms with van der Waals surface area (Å²) in [4.78, 5) is 0. The van der Waals surface area contributed by atoms with E-state index in [0.29, 0.717) is 28.9 Å². The van der Waals surface area contributed by atoms with E-state index >= 15 is 0 Å². The van der Waals surface area contributed by atoms with Crippen LogP contribution in [0.1, 0.15) is 11.1 Å². The lowest BCUT2D eigenvalue weighted by molar-refractivity contribution is 0.319. The van der Waals surface area contributed by atoms with Crippen molar-refractivity contribution in [3.63, 3.8) is 0 Å². The molecule has 19 heavy (non-hydrogen) atoms. The number of ether oxygens (including phenoxy) is 1. The van der Waals surface area contributed by atoms with E-state index in [1.165, 1.54) is 0 Å². The summed E-state index contributed by atoms with van der Waals surface area (Å²) in [6.07, 6.45) is 4.53. The van der Waals surface area contributed by atoms with Crippen molar-refractivity contribution in [2.75, 3.05) is 6.61 Å². The second-order valence-corrected chi connectivity index (χ2v) is 5.04. The van der Waals surface area contributed by atoms with Crippen LogP contribution in [0.3, 0.4) is 0 Å². The molecule has 4 nitrogen and oxygen atoms in total. The van der Waals surface area contributed by atoms with Crippen LogP contribution in [0.2, 0.25) is 10.0 Å². The van der Waals surface area contributed by atoms with E-state index in [9.17, 15) is 0 Å². The molecule has 0 saturated heterocycles. The number of hydrogen-bond donors (Lipinski definition) is 1. The molecule has 2 aromatic rings. The Balaban J connectivity index is 2.03. The summed E-state index contributed by atoms with van der Waals surface area (Å²) in [6, 6.07) is 3.43. The van der Waals surface area contributed by atoms with Crippen LogP contribution >= 0.6 is 23.2 Å². The van der Waals surface area contributed by atoms with Crippen LogP contribution in [0.5, 0.6) is 5.75 Å². The Labute approximate surface area is 122 Å². The van der Waals surface area contributed by atoms with E-state index in [0.717, 1.165) is 17.5 Å². The molecule has 0 aliphatic carbocycles. The van der Waals surface area contributed by atoms with E-state index in [1.807, 2.05) is 19.4 Å². The highest BCUT2D eigenvalue weighted by molar-refractivity contribution is 6.35. The first-order valence-corrected chi connectivity index (χ1v) is 6.64. The fourth-order valence-electron chi connectivity index (χ4n) is 1.80. The molecule has 102 valence electrons. The Kier molecular flexibility index (Phi) is 4.69. The number of benzene rings is 1. The highest BCUT2D eigenvalue weighted by Gasteiger charge is 2.10. The van der Waals surface area contributed by atoms with Crippen LogP contribution in [0.4, 0.5) is 0 Å². The fourth-order valence-corrected chi connectivity index (χ4v) is 2.39. The van der Waals surface area contributed by atoms with Gasteiger partial charge in [0.2, 0.25) is 0 Å². The molecule has 0 fully saturated rings. The van der Waals surface area contributed by atoms with Crippen molar-refractivity contribution in [1.82, 2.24) is 9.78 Å². The molecule has 0 spiro atoms. The van der Waals surface area contributed by atoms with E-state index in [-0.39, 0.29) is 0 Å². The Morgan fingerprint density at radius 2 is 2.16 bits per heavy atom. The largest absolute Gasteiger partial charge is 0.491 e. The monoisotopic (exact) mass is 299 g/mol. The third kappa shape index (κ3) is 3.62. The Morgan fingerprint density at radius 1 is 1.37 bits per heavy atom. The summed E-state index contributed by atoms with van der Waals surface area (Å²) in [5.74, 6) is 0.609. The molecule has 0 unspecified atom stereocenters. The van der Waals surface area contributed by atoms with E-state index < -0.39 is 0 Å². The van der Waals surface area contributed by atoms with Gasteiger partial charge in [0.25, 0.3) is 0 Å². The number of rotatable bonds is 5. The van der Waals surface area contributed by atoms with E-state index in [2.05, 4.69) is 5.10 Å². The molecule has 2 rings (SSSR count). The molecule has 0 radical (unpaired) electrons. The first-order chi connectivity index (χ1) is 9.10. The number of hydrogen-bond acceptors (Lipinski definition) is 3. The lowest BCUT2D eigenvalue weighted by Gasteiger charge is -2.12. The zero-order valence-electron chi connectivity index (χ0n) is 10.6. The lowest BCUT2D eigenvalue weighted by Crippen LogP contribution is -2.06. The minimum atomic E-state index is 0.336. The minimum absolute atomic E-state index is 0.336. The maximum Gasteiger partial charge on any atom is 0.142 e. The predicted octanol–water partition coefficient (Wildman–Crippen LogP) is 2.81. The summed E-state index contributed by atoms with van der Waals surface area (Å²) >= 11 is 12.0. The minimum Gasteiger partial charge on any atom is -0.491 e. The average molecular weight is 300 g/mol. The smallest absolute Gasteiger partial charge is 0.142 e. The third-order valence-corrected chi connectivity index (χ3v) is 3.20. The van der Waals surface area contributed by atoms with Crippen LogP contribution < -0.4 is 10.5 Å². The second-order valence-electron chi connectivity index (χ2n) is 4.20. The summed E-state index contributed by atoms with van der Waals surface area (Å²) in [7, 11) is 1.88. The van der Waals surface area contributed by atoms with Gasteiger partial charge in [-0.2, -0.15) is 5.10 Å². The van der Waals surface area contributed by atoms with E-state index in [1.54, 1.807) is 16.8 Å². The molecule has 0 aliphatic rings. The summed E-state index contributed by atoms with van der Waals surface area (Å²) in [6.45, 7) is 0.850. The normalized spacial score (nSPS) is 10.7. The van der Waals surface area contributed by atoms with Gasteiger partial charge >= 0.3 is 0 Å². The molecule has 0 aliphatic heterocycles. The molecule has 0 atom stereocenters. The zero-order valence-corrected chi connectivity index (χ0v) is 12.1. The molecule has 0 bridgehead atoms. The summed E-state index contributed by atoms with van der Waals surface area (Å²) in [5, 5.41) is 5.15. The first kappa shape index (κ1) is 14.2. The zero-order chi connectivity index (χ0) is 13.8. The van der Waals surface area contributed by atoms with Crippen molar-refractivity contribution in [2.45, 2.75) is 13.0 Å². The van der Waals surface area contributed by atoms with Gasteiger partial charge in [-0.25, -0.2) is 0 Å². The molecule has 0 amide bonds. The number of aryl methyl sites for hydroxylation is 1. The van der Waals surface area contributed by atoms with Gasteiger partial charge in [-0.05, 0) is 17.7 Å². The summed E-state index contributed by atoms with van der Waals surface area (Å²) in [5.41, 5.74) is 7.59. The van der Waals surface area contributed by atoms with Gasteiger partial charge in [-0.3, -0.25) is 4.68 Å². The van der Waals surface area contributed by atoms with Gasteiger partial charge in [0, 0.05) is 36.8 Å². The van der Waals surface area contributed by atoms with Gasteiger partial charge in [0.15, 0.2) is 0 Å². The molecule has 6 heteroatoms. The van der Waals surface area contributed by atoms with Gasteiger partial charge in [0.1, 0.15) is 5.75 Å². The highest BCUT2D eigenvalue weighted by Crippen LogP contribution is 2.32. The van der Waals surface area contributed by atoms with Crippen LogP contribution in [0.15, 0.2) is 24.5 Å². The number of aromatic nitrogens is 2. The van der Waals surface area contributed by atoms with Crippen LogP contribution in [-0.2, 0) is 20.0 Å².